The predicted molar refractivity (Wildman–Crippen MR) is 59.4 cm³/mol. The van der Waals surface area contributed by atoms with E-state index in [1.165, 1.54) is 0 Å². The first-order valence-electron chi connectivity index (χ1n) is 4.69. The molecule has 0 amide bonds. The topological polar surface area (TPSA) is 62.9 Å². The van der Waals surface area contributed by atoms with Crippen LogP contribution in [0.15, 0.2) is 54.1 Å². The average molecular weight is 208 g/mol. The third-order valence-electron chi connectivity index (χ3n) is 2.18. The molecule has 16 heavy (non-hydrogen) atoms. The van der Waals surface area contributed by atoms with Crippen molar-refractivity contribution in [1.82, 2.24) is 5.32 Å². The van der Waals surface area contributed by atoms with E-state index in [-0.39, 0.29) is 5.57 Å². The highest BCUT2D eigenvalue weighted by molar-refractivity contribution is 5.61. The quantitative estimate of drug-likeness (QED) is 0.715. The standard InChI is InChI=1S/C12H8N4/c13-8-10(9-14)12-15-6-7-16(12)11-4-2-1-3-5-11/h1-7,15H. The van der Waals surface area contributed by atoms with Gasteiger partial charge in [-0.1, -0.05) is 18.2 Å². The number of nitrogens with one attached hydrogen (secondary N) is 1. The maximum atomic E-state index is 8.83. The Balaban J connectivity index is 2.44. The lowest BCUT2D eigenvalue weighted by Gasteiger charge is -2.17. The van der Waals surface area contributed by atoms with E-state index in [0.717, 1.165) is 5.69 Å². The van der Waals surface area contributed by atoms with Crippen molar-refractivity contribution in [2.75, 3.05) is 4.90 Å². The molecule has 0 bridgehead atoms. The van der Waals surface area contributed by atoms with E-state index in [0.29, 0.717) is 5.82 Å². The Morgan fingerprint density at radius 2 is 1.81 bits per heavy atom. The van der Waals surface area contributed by atoms with Crippen molar-refractivity contribution in [3.8, 4) is 12.1 Å². The number of benzene rings is 1. The molecule has 0 spiro atoms. The number of nitriles is 2. The lowest BCUT2D eigenvalue weighted by atomic mass is 10.2. The highest BCUT2D eigenvalue weighted by Gasteiger charge is 2.17. The predicted octanol–water partition coefficient (Wildman–Crippen LogP) is 1.83. The third-order valence-corrected chi connectivity index (χ3v) is 2.18. The Hall–Kier alpha value is -2.72. The zero-order chi connectivity index (χ0) is 11.4. The van der Waals surface area contributed by atoms with Gasteiger partial charge in [0.1, 0.15) is 18.0 Å². The molecule has 1 aliphatic heterocycles. The van der Waals surface area contributed by atoms with Crippen LogP contribution in [0.4, 0.5) is 5.69 Å². The summed E-state index contributed by atoms with van der Waals surface area (Å²) in [5, 5.41) is 20.5. The molecule has 0 aromatic heterocycles. The van der Waals surface area contributed by atoms with Crippen molar-refractivity contribution in [2.45, 2.75) is 0 Å². The molecular weight excluding hydrogens is 200 g/mol. The zero-order valence-corrected chi connectivity index (χ0v) is 8.38. The smallest absolute Gasteiger partial charge is 0.170 e. The Bertz CT molecular complexity index is 512. The molecule has 2 rings (SSSR count). The van der Waals surface area contributed by atoms with E-state index >= 15 is 0 Å². The van der Waals surface area contributed by atoms with Crippen molar-refractivity contribution >= 4 is 5.69 Å². The summed E-state index contributed by atoms with van der Waals surface area (Å²) in [4.78, 5) is 1.77. The first-order chi connectivity index (χ1) is 7.86. The Morgan fingerprint density at radius 1 is 1.12 bits per heavy atom. The van der Waals surface area contributed by atoms with E-state index in [2.05, 4.69) is 5.32 Å². The summed E-state index contributed by atoms with van der Waals surface area (Å²) in [5.41, 5.74) is 0.968. The van der Waals surface area contributed by atoms with Crippen LogP contribution in [0.5, 0.6) is 0 Å². The second-order valence-electron chi connectivity index (χ2n) is 3.11. The Morgan fingerprint density at radius 3 is 2.44 bits per heavy atom. The van der Waals surface area contributed by atoms with E-state index in [4.69, 9.17) is 10.5 Å². The summed E-state index contributed by atoms with van der Waals surface area (Å²) in [7, 11) is 0. The van der Waals surface area contributed by atoms with Crippen molar-refractivity contribution in [2.24, 2.45) is 0 Å². The van der Waals surface area contributed by atoms with Gasteiger partial charge in [-0.25, -0.2) is 0 Å². The Labute approximate surface area is 93.3 Å². The first-order valence-corrected chi connectivity index (χ1v) is 4.69. The van der Waals surface area contributed by atoms with E-state index < -0.39 is 0 Å². The van der Waals surface area contributed by atoms with Crippen molar-refractivity contribution in [3.63, 3.8) is 0 Å². The van der Waals surface area contributed by atoms with Crippen LogP contribution < -0.4 is 10.2 Å². The maximum Gasteiger partial charge on any atom is 0.170 e. The summed E-state index contributed by atoms with van der Waals surface area (Å²) < 4.78 is 0. The average Bonchev–Trinajstić information content (AvgIpc) is 2.81. The van der Waals surface area contributed by atoms with Gasteiger partial charge in [0.05, 0.1) is 0 Å². The molecule has 4 nitrogen and oxygen atoms in total. The number of hydrogen-bond acceptors (Lipinski definition) is 4. The van der Waals surface area contributed by atoms with Gasteiger partial charge >= 0.3 is 0 Å². The molecule has 76 valence electrons. The van der Waals surface area contributed by atoms with E-state index in [1.54, 1.807) is 17.3 Å². The molecule has 1 aromatic carbocycles. The van der Waals surface area contributed by atoms with Crippen LogP contribution in [0, 0.1) is 22.7 Å². The molecule has 1 N–H and O–H groups in total. The minimum absolute atomic E-state index is 0.0638. The molecule has 0 aliphatic carbocycles. The van der Waals surface area contributed by atoms with Gasteiger partial charge in [0.2, 0.25) is 0 Å². The molecule has 0 saturated heterocycles. The minimum Gasteiger partial charge on any atom is -0.345 e. The zero-order valence-electron chi connectivity index (χ0n) is 8.38. The summed E-state index contributed by atoms with van der Waals surface area (Å²) in [5.74, 6) is 0.496. The molecule has 1 aromatic rings. The van der Waals surface area contributed by atoms with Gasteiger partial charge in [0, 0.05) is 18.1 Å². The van der Waals surface area contributed by atoms with Gasteiger partial charge in [-0.2, -0.15) is 10.5 Å². The summed E-state index contributed by atoms with van der Waals surface area (Å²) in [6.45, 7) is 0. The van der Waals surface area contributed by atoms with Gasteiger partial charge in [-0.3, -0.25) is 0 Å². The molecule has 1 heterocycles. The maximum absolute atomic E-state index is 8.83. The molecule has 0 unspecified atom stereocenters. The highest BCUT2D eigenvalue weighted by atomic mass is 15.3. The molecule has 0 saturated carbocycles. The number of rotatable bonds is 1. The van der Waals surface area contributed by atoms with Crippen LogP contribution in [0.3, 0.4) is 0 Å². The second-order valence-corrected chi connectivity index (χ2v) is 3.11. The number of nitrogens with zero attached hydrogens (tertiary/aromatic N) is 3. The summed E-state index contributed by atoms with van der Waals surface area (Å²) in [6, 6.07) is 13.3. The van der Waals surface area contributed by atoms with Crippen LogP contribution in [0.25, 0.3) is 0 Å². The van der Waals surface area contributed by atoms with E-state index in [1.807, 2.05) is 42.5 Å². The molecule has 0 atom stereocenters. The van der Waals surface area contributed by atoms with E-state index in [9.17, 15) is 0 Å². The fourth-order valence-corrected chi connectivity index (χ4v) is 1.46. The molecule has 0 fully saturated rings. The number of hydrogen-bond donors (Lipinski definition) is 1. The lowest BCUT2D eigenvalue weighted by Crippen LogP contribution is -2.19. The van der Waals surface area contributed by atoms with Crippen LogP contribution in [-0.2, 0) is 0 Å². The van der Waals surface area contributed by atoms with Gasteiger partial charge in [-0.15, -0.1) is 0 Å². The fourth-order valence-electron chi connectivity index (χ4n) is 1.46. The molecule has 4 heteroatoms. The lowest BCUT2D eigenvalue weighted by molar-refractivity contribution is 1.03. The Kier molecular flexibility index (Phi) is 2.58. The first kappa shape index (κ1) is 9.82. The summed E-state index contributed by atoms with van der Waals surface area (Å²) >= 11 is 0. The number of anilines is 1. The van der Waals surface area contributed by atoms with Crippen molar-refractivity contribution < 1.29 is 0 Å². The fraction of sp³-hybridized carbons (Fsp3) is 0. The minimum atomic E-state index is 0.0638. The van der Waals surface area contributed by atoms with Crippen LogP contribution in [0.2, 0.25) is 0 Å². The van der Waals surface area contributed by atoms with Crippen LogP contribution in [-0.4, -0.2) is 0 Å². The second kappa shape index (κ2) is 4.20. The van der Waals surface area contributed by atoms with Crippen molar-refractivity contribution in [1.29, 1.82) is 10.5 Å². The highest BCUT2D eigenvalue weighted by Crippen LogP contribution is 2.22. The monoisotopic (exact) mass is 208 g/mol. The van der Waals surface area contributed by atoms with Gasteiger partial charge < -0.3 is 10.2 Å². The van der Waals surface area contributed by atoms with Gasteiger partial charge in [0.25, 0.3) is 0 Å². The van der Waals surface area contributed by atoms with Crippen LogP contribution in [0.1, 0.15) is 0 Å². The summed E-state index contributed by atoms with van der Waals surface area (Å²) in [6.07, 6.45) is 3.47. The van der Waals surface area contributed by atoms with Crippen LogP contribution >= 0.6 is 0 Å². The largest absolute Gasteiger partial charge is 0.345 e. The third kappa shape index (κ3) is 1.60. The number of para-hydroxylation sites is 1. The molecule has 1 aliphatic rings. The molecular formula is C12H8N4. The normalized spacial score (nSPS) is 12.9. The SMILES string of the molecule is N#CC(C#N)=C1NC=CN1c1ccccc1. The van der Waals surface area contributed by atoms with Gasteiger partial charge in [0.15, 0.2) is 5.57 Å². The van der Waals surface area contributed by atoms with Gasteiger partial charge in [-0.05, 0) is 12.1 Å². The number of allylic oxidation sites excluding steroid dienone is 1. The molecule has 0 radical (unpaired) electrons. The van der Waals surface area contributed by atoms with Crippen molar-refractivity contribution in [3.05, 3.63) is 54.1 Å².